The van der Waals surface area contributed by atoms with Crippen LogP contribution in [0.5, 0.6) is 5.75 Å². The first-order valence-electron chi connectivity index (χ1n) is 6.15. The number of nitrogens with zero attached hydrogens (tertiary/aromatic N) is 2. The van der Waals surface area contributed by atoms with E-state index in [-0.39, 0.29) is 5.91 Å². The van der Waals surface area contributed by atoms with Crippen LogP contribution in [0.25, 0.3) is 0 Å². The molecule has 100 valence electrons. The Hall–Kier alpha value is -2.06. The van der Waals surface area contributed by atoms with E-state index < -0.39 is 6.10 Å². The fourth-order valence-electron chi connectivity index (χ4n) is 2.02. The molecule has 5 nitrogen and oxygen atoms in total. The van der Waals surface area contributed by atoms with Crippen LogP contribution in [0.2, 0.25) is 0 Å². The van der Waals surface area contributed by atoms with Crippen LogP contribution in [0, 0.1) is 11.3 Å². The van der Waals surface area contributed by atoms with Crippen molar-refractivity contribution in [3.63, 3.8) is 0 Å². The van der Waals surface area contributed by atoms with Gasteiger partial charge in [0.2, 0.25) is 5.91 Å². The molecule has 1 heterocycles. The molecule has 1 aromatic carbocycles. The van der Waals surface area contributed by atoms with Gasteiger partial charge in [0, 0.05) is 6.54 Å². The zero-order valence-corrected chi connectivity index (χ0v) is 10.8. The number of amides is 1. The number of carbonyl (C=O) groups is 1. The Morgan fingerprint density at radius 2 is 2.47 bits per heavy atom. The summed E-state index contributed by atoms with van der Waals surface area (Å²) < 4.78 is 10.3. The molecule has 0 N–H and O–H groups in total. The number of rotatable bonds is 3. The summed E-state index contributed by atoms with van der Waals surface area (Å²) in [6.07, 6.45) is -0.196. The number of hydrogen-bond donors (Lipinski definition) is 0. The fraction of sp³-hybridized carbons (Fsp3) is 0.429. The van der Waals surface area contributed by atoms with Crippen molar-refractivity contribution in [2.75, 3.05) is 26.8 Å². The maximum atomic E-state index is 12.1. The molecule has 1 unspecified atom stereocenters. The Labute approximate surface area is 112 Å². The normalized spacial score (nSPS) is 18.7. The monoisotopic (exact) mass is 260 g/mol. The minimum absolute atomic E-state index is 0.0109. The summed E-state index contributed by atoms with van der Waals surface area (Å²) in [5.41, 5.74) is 0.907. The van der Waals surface area contributed by atoms with Crippen LogP contribution >= 0.6 is 0 Å². The van der Waals surface area contributed by atoms with E-state index in [2.05, 4.69) is 0 Å². The average molecular weight is 260 g/mol. The lowest BCUT2D eigenvalue weighted by atomic mass is 10.1. The molecule has 1 aliphatic rings. The number of nitriles is 1. The van der Waals surface area contributed by atoms with Crippen molar-refractivity contribution in [2.45, 2.75) is 12.5 Å². The number of benzene rings is 1. The average Bonchev–Trinajstić information content (AvgIpc) is 2.47. The quantitative estimate of drug-likeness (QED) is 0.813. The lowest BCUT2D eigenvalue weighted by molar-refractivity contribution is -0.136. The van der Waals surface area contributed by atoms with E-state index in [1.54, 1.807) is 12.0 Å². The van der Waals surface area contributed by atoms with Gasteiger partial charge in [-0.25, -0.2) is 0 Å². The van der Waals surface area contributed by atoms with Crippen molar-refractivity contribution in [3.05, 3.63) is 29.8 Å². The van der Waals surface area contributed by atoms with Gasteiger partial charge in [0.15, 0.2) is 6.10 Å². The molecule has 1 aliphatic heterocycles. The van der Waals surface area contributed by atoms with Crippen molar-refractivity contribution in [1.82, 2.24) is 4.90 Å². The first kappa shape index (κ1) is 13.4. The summed E-state index contributed by atoms with van der Waals surface area (Å²) in [7, 11) is 1.60. The van der Waals surface area contributed by atoms with E-state index in [4.69, 9.17) is 14.7 Å². The van der Waals surface area contributed by atoms with E-state index >= 15 is 0 Å². The Morgan fingerprint density at radius 1 is 1.63 bits per heavy atom. The Bertz CT molecular complexity index is 496. The first-order chi connectivity index (χ1) is 9.22. The lowest BCUT2D eigenvalue weighted by Crippen LogP contribution is -2.45. The van der Waals surface area contributed by atoms with Gasteiger partial charge >= 0.3 is 0 Å². The van der Waals surface area contributed by atoms with Gasteiger partial charge < -0.3 is 14.4 Å². The van der Waals surface area contributed by atoms with Crippen molar-refractivity contribution in [3.8, 4) is 11.8 Å². The fourth-order valence-corrected chi connectivity index (χ4v) is 2.02. The van der Waals surface area contributed by atoms with Crippen LogP contribution in [0.4, 0.5) is 0 Å². The van der Waals surface area contributed by atoms with Crippen molar-refractivity contribution < 1.29 is 14.3 Å². The standard InChI is InChI=1S/C14H16N2O3/c1-18-12-4-2-3-11(7-12)8-14(17)16-5-6-19-13(9-15)10-16/h2-4,7,13H,5-6,8,10H2,1H3. The molecule has 0 spiro atoms. The SMILES string of the molecule is COc1cccc(CC(=O)N2CCOC(C#N)C2)c1. The molecular formula is C14H16N2O3. The summed E-state index contributed by atoms with van der Waals surface area (Å²) in [4.78, 5) is 13.8. The summed E-state index contributed by atoms with van der Waals surface area (Å²) in [5, 5.41) is 8.82. The highest BCUT2D eigenvalue weighted by Gasteiger charge is 2.23. The summed E-state index contributed by atoms with van der Waals surface area (Å²) >= 11 is 0. The third-order valence-electron chi connectivity index (χ3n) is 3.05. The van der Waals surface area contributed by atoms with Crippen molar-refractivity contribution in [2.24, 2.45) is 0 Å². The molecule has 0 aliphatic carbocycles. The summed E-state index contributed by atoms with van der Waals surface area (Å²) in [5.74, 6) is 0.749. The van der Waals surface area contributed by atoms with E-state index in [1.807, 2.05) is 30.3 Å². The number of methoxy groups -OCH3 is 1. The maximum absolute atomic E-state index is 12.1. The molecule has 1 fully saturated rings. The molecule has 1 atom stereocenters. The molecule has 19 heavy (non-hydrogen) atoms. The van der Waals surface area contributed by atoms with Crippen molar-refractivity contribution >= 4 is 5.91 Å². The zero-order chi connectivity index (χ0) is 13.7. The first-order valence-corrected chi connectivity index (χ1v) is 6.15. The number of hydrogen-bond acceptors (Lipinski definition) is 4. The second kappa shape index (κ2) is 6.21. The highest BCUT2D eigenvalue weighted by molar-refractivity contribution is 5.79. The predicted octanol–water partition coefficient (Wildman–Crippen LogP) is 0.989. The molecular weight excluding hydrogens is 244 g/mol. The van der Waals surface area contributed by atoms with Crippen LogP contribution in [0.15, 0.2) is 24.3 Å². The van der Waals surface area contributed by atoms with E-state index in [0.29, 0.717) is 26.1 Å². The molecule has 1 saturated heterocycles. The Morgan fingerprint density at radius 3 is 3.21 bits per heavy atom. The minimum Gasteiger partial charge on any atom is -0.497 e. The summed E-state index contributed by atoms with van der Waals surface area (Å²) in [6, 6.07) is 9.48. The molecule has 1 amide bonds. The third kappa shape index (κ3) is 3.46. The highest BCUT2D eigenvalue weighted by Crippen LogP contribution is 2.14. The molecule has 0 aromatic heterocycles. The van der Waals surface area contributed by atoms with Gasteiger partial charge in [-0.15, -0.1) is 0 Å². The molecule has 0 saturated carbocycles. The van der Waals surface area contributed by atoms with E-state index in [1.165, 1.54) is 0 Å². The van der Waals surface area contributed by atoms with Crippen LogP contribution in [0.3, 0.4) is 0 Å². The van der Waals surface area contributed by atoms with Gasteiger partial charge in [-0.05, 0) is 17.7 Å². The topological polar surface area (TPSA) is 62.6 Å². The second-order valence-corrected chi connectivity index (χ2v) is 4.36. The zero-order valence-electron chi connectivity index (χ0n) is 10.8. The van der Waals surface area contributed by atoms with Crippen LogP contribution in [0.1, 0.15) is 5.56 Å². The van der Waals surface area contributed by atoms with Crippen molar-refractivity contribution in [1.29, 1.82) is 5.26 Å². The van der Waals surface area contributed by atoms with Gasteiger partial charge in [0.1, 0.15) is 5.75 Å². The Kier molecular flexibility index (Phi) is 4.37. The van der Waals surface area contributed by atoms with Crippen LogP contribution in [-0.2, 0) is 16.0 Å². The molecule has 5 heteroatoms. The van der Waals surface area contributed by atoms with E-state index in [9.17, 15) is 4.79 Å². The van der Waals surface area contributed by atoms with Gasteiger partial charge in [-0.3, -0.25) is 4.79 Å². The molecule has 0 bridgehead atoms. The molecule has 2 rings (SSSR count). The smallest absolute Gasteiger partial charge is 0.227 e. The van der Waals surface area contributed by atoms with Gasteiger partial charge in [0.05, 0.1) is 32.8 Å². The van der Waals surface area contributed by atoms with Crippen LogP contribution in [-0.4, -0.2) is 43.7 Å². The third-order valence-corrected chi connectivity index (χ3v) is 3.05. The summed E-state index contributed by atoms with van der Waals surface area (Å²) in [6.45, 7) is 1.31. The van der Waals surface area contributed by atoms with Gasteiger partial charge in [-0.1, -0.05) is 12.1 Å². The number of morpholine rings is 1. The van der Waals surface area contributed by atoms with Gasteiger partial charge in [0.25, 0.3) is 0 Å². The minimum atomic E-state index is -0.511. The van der Waals surface area contributed by atoms with Crippen LogP contribution < -0.4 is 4.74 Å². The molecule has 0 radical (unpaired) electrons. The van der Waals surface area contributed by atoms with E-state index in [0.717, 1.165) is 11.3 Å². The van der Waals surface area contributed by atoms with Gasteiger partial charge in [-0.2, -0.15) is 5.26 Å². The molecule has 1 aromatic rings. The number of ether oxygens (including phenoxy) is 2. The number of carbonyl (C=O) groups excluding carboxylic acids is 1. The highest BCUT2D eigenvalue weighted by atomic mass is 16.5. The largest absolute Gasteiger partial charge is 0.497 e. The Balaban J connectivity index is 1.98. The maximum Gasteiger partial charge on any atom is 0.227 e. The predicted molar refractivity (Wildman–Crippen MR) is 68.6 cm³/mol. The second-order valence-electron chi connectivity index (χ2n) is 4.36. The lowest BCUT2D eigenvalue weighted by Gasteiger charge is -2.29.